The van der Waals surface area contributed by atoms with E-state index in [0.29, 0.717) is 0 Å². The summed E-state index contributed by atoms with van der Waals surface area (Å²) in [6.07, 6.45) is 0. The first-order chi connectivity index (χ1) is 9.15. The second kappa shape index (κ2) is 6.37. The number of hydrogen-bond donors (Lipinski definition) is 1. The monoisotopic (exact) mass is 299 g/mol. The number of benzene rings is 1. The lowest BCUT2D eigenvalue weighted by molar-refractivity contribution is -0.137. The van der Waals surface area contributed by atoms with Gasteiger partial charge in [0.2, 0.25) is 10.0 Å². The minimum Gasteiger partial charge on any atom is -0.480 e. The molecule has 0 unspecified atom stereocenters. The molecule has 5 nitrogen and oxygen atoms in total. The van der Waals surface area contributed by atoms with Gasteiger partial charge >= 0.3 is 5.97 Å². The van der Waals surface area contributed by atoms with Crippen LogP contribution in [0.4, 0.5) is 0 Å². The fourth-order valence-electron chi connectivity index (χ4n) is 2.08. The topological polar surface area (TPSA) is 74.7 Å². The highest BCUT2D eigenvalue weighted by Gasteiger charge is 2.28. The number of aryl methyl sites for hydroxylation is 2. The van der Waals surface area contributed by atoms with Crippen molar-refractivity contribution in [3.8, 4) is 0 Å². The molecule has 0 aromatic heterocycles. The van der Waals surface area contributed by atoms with Crippen LogP contribution in [0.2, 0.25) is 0 Å². The van der Waals surface area contributed by atoms with Gasteiger partial charge in [-0.05, 0) is 44.4 Å². The maximum atomic E-state index is 12.4. The van der Waals surface area contributed by atoms with Crippen LogP contribution >= 0.6 is 0 Å². The second-order valence-electron chi connectivity index (χ2n) is 5.16. The molecule has 1 N–H and O–H groups in total. The molecule has 112 valence electrons. The van der Waals surface area contributed by atoms with Crippen LogP contribution in [-0.2, 0) is 20.6 Å². The zero-order valence-corrected chi connectivity index (χ0v) is 13.1. The highest BCUT2D eigenvalue weighted by molar-refractivity contribution is 7.88. The Hall–Kier alpha value is -1.40. The van der Waals surface area contributed by atoms with Crippen LogP contribution in [0.1, 0.15) is 30.5 Å². The van der Waals surface area contributed by atoms with E-state index in [4.69, 9.17) is 5.11 Å². The smallest absolute Gasteiger partial charge is 0.318 e. The molecule has 6 heteroatoms. The summed E-state index contributed by atoms with van der Waals surface area (Å²) in [5, 5.41) is 8.87. The second-order valence-corrected chi connectivity index (χ2v) is 7.08. The van der Waals surface area contributed by atoms with E-state index >= 15 is 0 Å². The zero-order valence-electron chi connectivity index (χ0n) is 12.3. The summed E-state index contributed by atoms with van der Waals surface area (Å²) in [6, 6.07) is 5.20. The molecule has 0 aliphatic carbocycles. The minimum atomic E-state index is -3.66. The summed E-state index contributed by atoms with van der Waals surface area (Å²) in [6.45, 7) is 6.55. The molecule has 0 bridgehead atoms. The van der Waals surface area contributed by atoms with Gasteiger partial charge < -0.3 is 5.11 Å². The van der Waals surface area contributed by atoms with Gasteiger partial charge in [0.05, 0.1) is 5.75 Å². The van der Waals surface area contributed by atoms with E-state index in [-0.39, 0.29) is 11.8 Å². The molecule has 0 atom stereocenters. The average Bonchev–Trinajstić information content (AvgIpc) is 2.30. The van der Waals surface area contributed by atoms with Gasteiger partial charge in [-0.1, -0.05) is 18.2 Å². The Morgan fingerprint density at radius 1 is 1.25 bits per heavy atom. The van der Waals surface area contributed by atoms with Gasteiger partial charge in [0.1, 0.15) is 6.54 Å². The van der Waals surface area contributed by atoms with Crippen LogP contribution in [0.25, 0.3) is 0 Å². The molecule has 20 heavy (non-hydrogen) atoms. The summed E-state index contributed by atoms with van der Waals surface area (Å²) >= 11 is 0. The fourth-order valence-corrected chi connectivity index (χ4v) is 4.01. The van der Waals surface area contributed by atoms with Crippen molar-refractivity contribution < 1.29 is 18.3 Å². The van der Waals surface area contributed by atoms with Crippen LogP contribution < -0.4 is 0 Å². The van der Waals surface area contributed by atoms with E-state index in [1.807, 2.05) is 32.0 Å². The minimum absolute atomic E-state index is 0.170. The molecule has 1 aromatic rings. The van der Waals surface area contributed by atoms with Crippen LogP contribution in [-0.4, -0.2) is 36.4 Å². The Morgan fingerprint density at radius 2 is 1.75 bits per heavy atom. The third kappa shape index (κ3) is 4.05. The molecule has 0 aliphatic rings. The van der Waals surface area contributed by atoms with E-state index in [1.54, 1.807) is 13.8 Å². The fraction of sp³-hybridized carbons (Fsp3) is 0.500. The van der Waals surface area contributed by atoms with Gasteiger partial charge in [0.25, 0.3) is 0 Å². The average molecular weight is 299 g/mol. The number of rotatable bonds is 6. The number of aliphatic carboxylic acids is 1. The third-order valence-electron chi connectivity index (χ3n) is 3.20. The molecule has 1 rings (SSSR count). The van der Waals surface area contributed by atoms with E-state index in [0.717, 1.165) is 21.0 Å². The van der Waals surface area contributed by atoms with Crippen molar-refractivity contribution in [3.63, 3.8) is 0 Å². The maximum absolute atomic E-state index is 12.4. The molecule has 1 aromatic carbocycles. The highest BCUT2D eigenvalue weighted by Crippen LogP contribution is 2.20. The Kier molecular flexibility index (Phi) is 5.30. The molecule has 0 saturated heterocycles. The first kappa shape index (κ1) is 16.7. The van der Waals surface area contributed by atoms with Crippen molar-refractivity contribution in [3.05, 3.63) is 34.9 Å². The lowest BCUT2D eigenvalue weighted by Gasteiger charge is -2.25. The van der Waals surface area contributed by atoms with Crippen molar-refractivity contribution in [2.75, 3.05) is 6.54 Å². The van der Waals surface area contributed by atoms with Crippen LogP contribution in [0.15, 0.2) is 18.2 Å². The number of carboxylic acid groups (broad SMARTS) is 1. The predicted molar refractivity (Wildman–Crippen MR) is 78.0 cm³/mol. The quantitative estimate of drug-likeness (QED) is 0.871. The SMILES string of the molecule is Cc1cccc(C)c1CS(=O)(=O)N(CC(=O)O)C(C)C. The van der Waals surface area contributed by atoms with Gasteiger partial charge in [0, 0.05) is 6.04 Å². The van der Waals surface area contributed by atoms with Crippen molar-refractivity contribution >= 4 is 16.0 Å². The molecular formula is C14H21NO4S. The Balaban J connectivity index is 3.12. The van der Waals surface area contributed by atoms with E-state index in [1.165, 1.54) is 0 Å². The van der Waals surface area contributed by atoms with Crippen molar-refractivity contribution in [2.45, 2.75) is 39.5 Å². The predicted octanol–water partition coefficient (Wildman–Crippen LogP) is 1.93. The molecule has 0 amide bonds. The molecular weight excluding hydrogens is 278 g/mol. The van der Waals surface area contributed by atoms with Crippen molar-refractivity contribution in [1.29, 1.82) is 0 Å². The molecule has 0 saturated carbocycles. The number of carboxylic acids is 1. The van der Waals surface area contributed by atoms with Crippen molar-refractivity contribution in [2.24, 2.45) is 0 Å². The molecule has 0 fully saturated rings. The summed E-state index contributed by atoms with van der Waals surface area (Å²) in [4.78, 5) is 10.8. The lowest BCUT2D eigenvalue weighted by atomic mass is 10.1. The normalized spacial score (nSPS) is 12.1. The molecule has 0 spiro atoms. The lowest BCUT2D eigenvalue weighted by Crippen LogP contribution is -2.41. The van der Waals surface area contributed by atoms with Gasteiger partial charge in [-0.25, -0.2) is 8.42 Å². The maximum Gasteiger partial charge on any atom is 0.318 e. The van der Waals surface area contributed by atoms with Crippen LogP contribution in [0.5, 0.6) is 0 Å². The van der Waals surface area contributed by atoms with E-state index in [2.05, 4.69) is 0 Å². The first-order valence-electron chi connectivity index (χ1n) is 6.41. The third-order valence-corrected chi connectivity index (χ3v) is 5.11. The molecule has 0 heterocycles. The standard InChI is InChI=1S/C14H21NO4S/c1-10(2)15(8-14(16)17)20(18,19)9-13-11(3)6-5-7-12(13)4/h5-7,10H,8-9H2,1-4H3,(H,16,17). The van der Waals surface area contributed by atoms with E-state index < -0.39 is 22.5 Å². The van der Waals surface area contributed by atoms with Gasteiger partial charge in [-0.2, -0.15) is 4.31 Å². The molecule has 0 radical (unpaired) electrons. The summed E-state index contributed by atoms with van der Waals surface area (Å²) in [5.41, 5.74) is 2.53. The largest absolute Gasteiger partial charge is 0.480 e. The van der Waals surface area contributed by atoms with Crippen LogP contribution in [0.3, 0.4) is 0 Å². The summed E-state index contributed by atoms with van der Waals surface area (Å²) < 4.78 is 25.9. The Bertz CT molecular complexity index is 573. The van der Waals surface area contributed by atoms with E-state index in [9.17, 15) is 13.2 Å². The number of sulfonamides is 1. The Morgan fingerprint density at radius 3 is 2.15 bits per heavy atom. The van der Waals surface area contributed by atoms with Gasteiger partial charge in [-0.15, -0.1) is 0 Å². The highest BCUT2D eigenvalue weighted by atomic mass is 32.2. The van der Waals surface area contributed by atoms with Gasteiger partial charge in [0.15, 0.2) is 0 Å². The summed E-state index contributed by atoms with van der Waals surface area (Å²) in [7, 11) is -3.66. The number of nitrogens with zero attached hydrogens (tertiary/aromatic N) is 1. The molecule has 0 aliphatic heterocycles. The summed E-state index contributed by atoms with van der Waals surface area (Å²) in [5.74, 6) is -1.32. The number of hydrogen-bond acceptors (Lipinski definition) is 3. The Labute approximate surface area is 120 Å². The zero-order chi connectivity index (χ0) is 15.5. The first-order valence-corrected chi connectivity index (χ1v) is 8.02. The van der Waals surface area contributed by atoms with Gasteiger partial charge in [-0.3, -0.25) is 4.79 Å². The van der Waals surface area contributed by atoms with Crippen molar-refractivity contribution in [1.82, 2.24) is 4.31 Å². The number of carbonyl (C=O) groups is 1. The van der Waals surface area contributed by atoms with Crippen LogP contribution in [0, 0.1) is 13.8 Å².